The molecule has 3 nitrogen and oxygen atoms in total. The number of rotatable bonds is 4. The highest BCUT2D eigenvalue weighted by Crippen LogP contribution is 2.56. The van der Waals surface area contributed by atoms with E-state index in [4.69, 9.17) is 15.0 Å². The minimum atomic E-state index is 0.114. The van der Waals surface area contributed by atoms with Crippen molar-refractivity contribution in [3.05, 3.63) is 139 Å². The molecule has 6 aromatic rings. The Labute approximate surface area is 247 Å². The maximum Gasteiger partial charge on any atom is 0.164 e. The lowest BCUT2D eigenvalue weighted by molar-refractivity contribution is 0.353. The fraction of sp³-hybridized carbons (Fsp3) is 0.154. The molecule has 1 aromatic heterocycles. The number of aromatic nitrogens is 3. The predicted octanol–water partition coefficient (Wildman–Crippen LogP) is 9.77. The molecule has 0 unspecified atom stereocenters. The van der Waals surface area contributed by atoms with Gasteiger partial charge < -0.3 is 0 Å². The van der Waals surface area contributed by atoms with Gasteiger partial charge in [-0.1, -0.05) is 141 Å². The van der Waals surface area contributed by atoms with Crippen molar-refractivity contribution in [2.45, 2.75) is 37.5 Å². The van der Waals surface area contributed by atoms with Crippen LogP contribution in [0.2, 0.25) is 0 Å². The standard InChI is InChI=1S/C39H31N3/c1-4-14-27(15-5-1)36-40-37(28-16-6-2-7-17-28)42-38(41-36)33-20-9-8-18-30(33)29-22-23-32-31-19-10-11-21-34(31)39(35(32)26-29)24-12-3-13-25-39/h1-2,4-11,14-23,26H,3,12-13,24-25H2. The molecule has 2 aliphatic carbocycles. The van der Waals surface area contributed by atoms with Crippen LogP contribution in [0.4, 0.5) is 0 Å². The molecule has 0 amide bonds. The van der Waals surface area contributed by atoms with E-state index in [9.17, 15) is 0 Å². The van der Waals surface area contributed by atoms with Crippen LogP contribution < -0.4 is 0 Å². The first-order chi connectivity index (χ1) is 20.8. The van der Waals surface area contributed by atoms with Crippen molar-refractivity contribution in [2.24, 2.45) is 0 Å². The molecule has 42 heavy (non-hydrogen) atoms. The summed E-state index contributed by atoms with van der Waals surface area (Å²) in [7, 11) is 0. The lowest BCUT2D eigenvalue weighted by atomic mass is 9.67. The van der Waals surface area contributed by atoms with Gasteiger partial charge >= 0.3 is 0 Å². The third-order valence-corrected chi connectivity index (χ3v) is 9.15. The molecule has 1 spiro atoms. The van der Waals surface area contributed by atoms with Gasteiger partial charge in [0.15, 0.2) is 17.5 Å². The zero-order valence-electron chi connectivity index (χ0n) is 23.5. The first kappa shape index (κ1) is 24.9. The summed E-state index contributed by atoms with van der Waals surface area (Å²) in [6.07, 6.45) is 6.33. The third-order valence-electron chi connectivity index (χ3n) is 9.15. The molecule has 0 atom stereocenters. The van der Waals surface area contributed by atoms with Crippen molar-refractivity contribution >= 4 is 0 Å². The van der Waals surface area contributed by atoms with E-state index in [0.717, 1.165) is 22.3 Å². The minimum Gasteiger partial charge on any atom is -0.208 e. The Morgan fingerprint density at radius 1 is 0.381 bits per heavy atom. The topological polar surface area (TPSA) is 38.7 Å². The SMILES string of the molecule is c1ccc(-c2nc(-c3ccccc3)nc(-c3ccccc3-c3ccc4c(c3)C3(CCCCC3)c3ccccc3-4)n2)cc1. The Morgan fingerprint density at radius 2 is 0.905 bits per heavy atom. The van der Waals surface area contributed by atoms with E-state index < -0.39 is 0 Å². The molecule has 2 aliphatic rings. The smallest absolute Gasteiger partial charge is 0.164 e. The molecule has 202 valence electrons. The fourth-order valence-electron chi connectivity index (χ4n) is 7.18. The summed E-state index contributed by atoms with van der Waals surface area (Å²) in [5.41, 5.74) is 11.3. The van der Waals surface area contributed by atoms with Gasteiger partial charge in [0, 0.05) is 22.1 Å². The van der Waals surface area contributed by atoms with Crippen molar-refractivity contribution in [1.29, 1.82) is 0 Å². The van der Waals surface area contributed by atoms with Gasteiger partial charge in [0.1, 0.15) is 0 Å². The largest absolute Gasteiger partial charge is 0.208 e. The molecule has 0 aliphatic heterocycles. The summed E-state index contributed by atoms with van der Waals surface area (Å²) < 4.78 is 0. The van der Waals surface area contributed by atoms with Crippen molar-refractivity contribution < 1.29 is 0 Å². The average Bonchev–Trinajstić information content (AvgIpc) is 3.34. The monoisotopic (exact) mass is 541 g/mol. The molecule has 5 aromatic carbocycles. The molecule has 0 N–H and O–H groups in total. The Bertz CT molecular complexity index is 1850. The quantitative estimate of drug-likeness (QED) is 0.223. The van der Waals surface area contributed by atoms with E-state index >= 15 is 0 Å². The average molecular weight is 542 g/mol. The lowest BCUT2D eigenvalue weighted by Crippen LogP contribution is -2.28. The zero-order chi connectivity index (χ0) is 27.9. The Hall–Kier alpha value is -4.89. The van der Waals surface area contributed by atoms with Crippen LogP contribution in [0.3, 0.4) is 0 Å². The summed E-state index contributed by atoms with van der Waals surface area (Å²) in [6.45, 7) is 0. The van der Waals surface area contributed by atoms with Crippen LogP contribution >= 0.6 is 0 Å². The summed E-state index contributed by atoms with van der Waals surface area (Å²) >= 11 is 0. The zero-order valence-corrected chi connectivity index (χ0v) is 23.5. The highest BCUT2D eigenvalue weighted by atomic mass is 15.0. The summed E-state index contributed by atoms with van der Waals surface area (Å²) in [4.78, 5) is 15.0. The molecule has 1 heterocycles. The summed E-state index contributed by atoms with van der Waals surface area (Å²) in [5.74, 6) is 2.05. The number of hydrogen-bond acceptors (Lipinski definition) is 3. The van der Waals surface area contributed by atoms with Gasteiger partial charge in [-0.3, -0.25) is 0 Å². The Kier molecular flexibility index (Phi) is 6.03. The summed E-state index contributed by atoms with van der Waals surface area (Å²) in [6, 6.07) is 45.1. The fourth-order valence-corrected chi connectivity index (χ4v) is 7.18. The van der Waals surface area contributed by atoms with Gasteiger partial charge in [0.2, 0.25) is 0 Å². The molecule has 0 saturated heterocycles. The van der Waals surface area contributed by atoms with E-state index in [1.165, 1.54) is 59.9 Å². The molecular formula is C39H31N3. The maximum atomic E-state index is 5.05. The van der Waals surface area contributed by atoms with Crippen LogP contribution in [-0.4, -0.2) is 15.0 Å². The molecule has 0 radical (unpaired) electrons. The molecule has 0 bridgehead atoms. The van der Waals surface area contributed by atoms with E-state index in [2.05, 4.69) is 91.0 Å². The minimum absolute atomic E-state index is 0.114. The number of nitrogens with zero attached hydrogens (tertiary/aromatic N) is 3. The number of fused-ring (bicyclic) bond motifs is 5. The van der Waals surface area contributed by atoms with Crippen LogP contribution in [0.15, 0.2) is 127 Å². The van der Waals surface area contributed by atoms with Gasteiger partial charge in [-0.15, -0.1) is 0 Å². The van der Waals surface area contributed by atoms with E-state index in [1.54, 1.807) is 0 Å². The number of benzene rings is 5. The Balaban J connectivity index is 1.30. The first-order valence-corrected chi connectivity index (χ1v) is 15.0. The van der Waals surface area contributed by atoms with Crippen molar-refractivity contribution in [3.8, 4) is 56.4 Å². The second-order valence-electron chi connectivity index (χ2n) is 11.5. The van der Waals surface area contributed by atoms with Crippen molar-refractivity contribution in [3.63, 3.8) is 0 Å². The van der Waals surface area contributed by atoms with Gasteiger partial charge in [0.25, 0.3) is 0 Å². The van der Waals surface area contributed by atoms with Crippen molar-refractivity contribution in [1.82, 2.24) is 15.0 Å². The van der Waals surface area contributed by atoms with Crippen LogP contribution in [0, 0.1) is 0 Å². The molecule has 3 heteroatoms. The van der Waals surface area contributed by atoms with Gasteiger partial charge in [-0.25, -0.2) is 15.0 Å². The highest BCUT2D eigenvalue weighted by Gasteiger charge is 2.43. The second kappa shape index (κ2) is 10.2. The van der Waals surface area contributed by atoms with Crippen LogP contribution in [0.1, 0.15) is 43.2 Å². The normalized spacial score (nSPS) is 14.9. The van der Waals surface area contributed by atoms with Crippen LogP contribution in [-0.2, 0) is 5.41 Å². The first-order valence-electron chi connectivity index (χ1n) is 15.0. The van der Waals surface area contributed by atoms with Gasteiger partial charge in [-0.05, 0) is 52.3 Å². The predicted molar refractivity (Wildman–Crippen MR) is 171 cm³/mol. The Morgan fingerprint density at radius 3 is 1.57 bits per heavy atom. The van der Waals surface area contributed by atoms with E-state index in [0.29, 0.717) is 17.5 Å². The van der Waals surface area contributed by atoms with E-state index in [1.807, 2.05) is 36.4 Å². The third kappa shape index (κ3) is 4.08. The highest BCUT2D eigenvalue weighted by molar-refractivity contribution is 5.87. The van der Waals surface area contributed by atoms with E-state index in [-0.39, 0.29) is 5.41 Å². The molecule has 1 fully saturated rings. The molecular weight excluding hydrogens is 510 g/mol. The molecule has 1 saturated carbocycles. The van der Waals surface area contributed by atoms with Crippen molar-refractivity contribution in [2.75, 3.05) is 0 Å². The maximum absolute atomic E-state index is 5.05. The number of hydrogen-bond donors (Lipinski definition) is 0. The van der Waals surface area contributed by atoms with Crippen LogP contribution in [0.5, 0.6) is 0 Å². The molecule has 8 rings (SSSR count). The second-order valence-corrected chi connectivity index (χ2v) is 11.5. The van der Waals surface area contributed by atoms with Crippen LogP contribution in [0.25, 0.3) is 56.4 Å². The van der Waals surface area contributed by atoms with Gasteiger partial charge in [-0.2, -0.15) is 0 Å². The lowest BCUT2D eigenvalue weighted by Gasteiger charge is -2.36. The van der Waals surface area contributed by atoms with Gasteiger partial charge in [0.05, 0.1) is 0 Å². The summed E-state index contributed by atoms with van der Waals surface area (Å²) in [5, 5.41) is 0.